The molecule has 11 heteroatoms. The number of anilines is 1. The molecule has 0 radical (unpaired) electrons. The predicted molar refractivity (Wildman–Crippen MR) is 133 cm³/mol. The Morgan fingerprint density at radius 1 is 1.29 bits per heavy atom. The van der Waals surface area contributed by atoms with Crippen LogP contribution in [0.15, 0.2) is 34.6 Å². The molecule has 1 atom stereocenters. The molecule has 10 nitrogen and oxygen atoms in total. The molecular formula is C24H27N5O5S. The van der Waals surface area contributed by atoms with Crippen LogP contribution in [0.25, 0.3) is 11.7 Å². The number of aromatic nitrogens is 3. The number of nitrogens with one attached hydrogen (secondary N) is 1. The Hall–Kier alpha value is -3.57. The van der Waals surface area contributed by atoms with Crippen LogP contribution in [0.3, 0.4) is 0 Å². The number of carbonyl (C=O) groups is 2. The lowest BCUT2D eigenvalue weighted by Gasteiger charge is -2.33. The fourth-order valence-corrected chi connectivity index (χ4v) is 4.90. The number of fused-ring (bicyclic) bond motifs is 1. The molecule has 4 heterocycles. The molecule has 0 amide bonds. The van der Waals surface area contributed by atoms with Gasteiger partial charge in [-0.25, -0.2) is 14.8 Å². The van der Waals surface area contributed by atoms with Crippen molar-refractivity contribution >= 4 is 40.8 Å². The van der Waals surface area contributed by atoms with Crippen LogP contribution in [0, 0.1) is 0 Å². The van der Waals surface area contributed by atoms with Gasteiger partial charge in [0.05, 0.1) is 16.3 Å². The Labute approximate surface area is 205 Å². The topological polar surface area (TPSA) is 137 Å². The van der Waals surface area contributed by atoms with Gasteiger partial charge in [-0.05, 0) is 36.1 Å². The number of nitrogens with zero attached hydrogens (tertiary/aromatic N) is 4. The van der Waals surface area contributed by atoms with E-state index in [1.165, 1.54) is 10.5 Å². The molecular weight excluding hydrogens is 470 g/mol. The average molecular weight is 498 g/mol. The zero-order chi connectivity index (χ0) is 25.1. The molecule has 0 spiro atoms. The first kappa shape index (κ1) is 24.6. The molecule has 0 aliphatic carbocycles. The van der Waals surface area contributed by atoms with Crippen LogP contribution >= 0.6 is 11.3 Å². The maximum Gasteiger partial charge on any atom is 0.328 e. The van der Waals surface area contributed by atoms with Crippen molar-refractivity contribution < 1.29 is 19.8 Å². The second-order valence-electron chi connectivity index (χ2n) is 8.70. The summed E-state index contributed by atoms with van der Waals surface area (Å²) in [7, 11) is 0. The van der Waals surface area contributed by atoms with E-state index in [0.29, 0.717) is 24.7 Å². The number of hydrogen-bond donors (Lipinski definition) is 3. The number of carboxylic acids is 2. The number of pyridine rings is 1. The van der Waals surface area contributed by atoms with Gasteiger partial charge in [0, 0.05) is 43.7 Å². The number of aryl methyl sites for hydroxylation is 2. The Bertz CT molecular complexity index is 1350. The number of hydrogen-bond acceptors (Lipinski definition) is 8. The second kappa shape index (κ2) is 10.4. The third-order valence-corrected chi connectivity index (χ3v) is 6.79. The zero-order valence-corrected chi connectivity index (χ0v) is 20.3. The maximum atomic E-state index is 13.3. The minimum atomic E-state index is -1.19. The highest BCUT2D eigenvalue weighted by Crippen LogP contribution is 2.22. The van der Waals surface area contributed by atoms with Crippen molar-refractivity contribution in [1.29, 1.82) is 0 Å². The lowest BCUT2D eigenvalue weighted by molar-refractivity contribution is -0.139. The Kier molecular flexibility index (Phi) is 7.27. The van der Waals surface area contributed by atoms with Crippen molar-refractivity contribution in [3.8, 4) is 0 Å². The van der Waals surface area contributed by atoms with Crippen molar-refractivity contribution in [3.63, 3.8) is 0 Å². The lowest BCUT2D eigenvalue weighted by atomic mass is 10.1. The maximum absolute atomic E-state index is 13.3. The molecule has 35 heavy (non-hydrogen) atoms. The molecule has 4 rings (SSSR count). The van der Waals surface area contributed by atoms with E-state index >= 15 is 0 Å². The number of piperazine rings is 1. The molecule has 1 unspecified atom stereocenters. The van der Waals surface area contributed by atoms with Gasteiger partial charge in [-0.2, -0.15) is 0 Å². The van der Waals surface area contributed by atoms with E-state index in [2.05, 4.69) is 34.5 Å². The van der Waals surface area contributed by atoms with E-state index in [0.717, 1.165) is 35.2 Å². The first-order valence-corrected chi connectivity index (χ1v) is 12.2. The lowest BCUT2D eigenvalue weighted by Crippen LogP contribution is -2.54. The summed E-state index contributed by atoms with van der Waals surface area (Å²) in [5.41, 5.74) is 2.18. The van der Waals surface area contributed by atoms with Gasteiger partial charge in [0.25, 0.3) is 5.56 Å². The standard InChI is InChI=1S/C24H27N5O5S/c1-14(2)18-13-35-20(26-18)5-3-15-7-9-29-19(11-15)27-22(16(23(29)32)4-6-21(30)31)28-10-8-25-17(12-28)24(33)34/h4,6-7,9,11,13-14,17,25H,3,5,8,10,12H2,1-2H3,(H,30,31)(H,33,34)/b6-4+. The van der Waals surface area contributed by atoms with Crippen LogP contribution in [-0.2, 0) is 22.4 Å². The first-order chi connectivity index (χ1) is 16.7. The van der Waals surface area contributed by atoms with Gasteiger partial charge in [-0.1, -0.05) is 13.8 Å². The molecule has 3 aromatic heterocycles. The summed E-state index contributed by atoms with van der Waals surface area (Å²) >= 11 is 1.64. The molecule has 0 bridgehead atoms. The van der Waals surface area contributed by atoms with Crippen LogP contribution in [0.1, 0.15) is 41.6 Å². The van der Waals surface area contributed by atoms with E-state index in [1.807, 2.05) is 12.1 Å². The summed E-state index contributed by atoms with van der Waals surface area (Å²) in [6.45, 7) is 5.16. The fourth-order valence-electron chi connectivity index (χ4n) is 3.94. The summed E-state index contributed by atoms with van der Waals surface area (Å²) in [6, 6.07) is 2.87. The van der Waals surface area contributed by atoms with Gasteiger partial charge in [0.2, 0.25) is 0 Å². The number of rotatable bonds is 8. The van der Waals surface area contributed by atoms with E-state index in [4.69, 9.17) is 5.11 Å². The minimum absolute atomic E-state index is 0.104. The van der Waals surface area contributed by atoms with Gasteiger partial charge >= 0.3 is 11.9 Å². The highest BCUT2D eigenvalue weighted by molar-refractivity contribution is 7.09. The summed E-state index contributed by atoms with van der Waals surface area (Å²) in [6.07, 6.45) is 5.24. The second-order valence-corrected chi connectivity index (χ2v) is 9.64. The average Bonchev–Trinajstić information content (AvgIpc) is 3.31. The fraction of sp³-hybridized carbons (Fsp3) is 0.375. The summed E-state index contributed by atoms with van der Waals surface area (Å²) in [5, 5.41) is 24.6. The van der Waals surface area contributed by atoms with Crippen LogP contribution in [0.4, 0.5) is 5.82 Å². The van der Waals surface area contributed by atoms with E-state index in [-0.39, 0.29) is 17.9 Å². The van der Waals surface area contributed by atoms with Crippen LogP contribution in [0.2, 0.25) is 0 Å². The van der Waals surface area contributed by atoms with Crippen molar-refractivity contribution in [3.05, 3.63) is 62.0 Å². The van der Waals surface area contributed by atoms with Crippen molar-refractivity contribution in [2.24, 2.45) is 0 Å². The normalized spacial score (nSPS) is 16.4. The Morgan fingerprint density at radius 2 is 2.09 bits per heavy atom. The summed E-state index contributed by atoms with van der Waals surface area (Å²) in [5.74, 6) is -1.54. The SMILES string of the molecule is CC(C)c1csc(CCc2ccn3c(=O)c(/C=C/C(=O)O)c(N4CCNC(C(=O)O)C4)nc3c2)n1. The molecule has 0 aromatic carbocycles. The van der Waals surface area contributed by atoms with Crippen molar-refractivity contribution in [1.82, 2.24) is 19.7 Å². The third kappa shape index (κ3) is 5.57. The predicted octanol–water partition coefficient (Wildman–Crippen LogP) is 2.02. The molecule has 184 valence electrons. The van der Waals surface area contributed by atoms with E-state index < -0.39 is 23.5 Å². The van der Waals surface area contributed by atoms with Gasteiger partial charge in [0.15, 0.2) is 0 Å². The first-order valence-electron chi connectivity index (χ1n) is 11.3. The van der Waals surface area contributed by atoms with E-state index in [9.17, 15) is 19.5 Å². The smallest absolute Gasteiger partial charge is 0.328 e. The molecule has 1 aliphatic rings. The van der Waals surface area contributed by atoms with Crippen LogP contribution in [-0.4, -0.2) is 62.2 Å². The van der Waals surface area contributed by atoms with Crippen LogP contribution in [0.5, 0.6) is 0 Å². The third-order valence-electron chi connectivity index (χ3n) is 5.86. The molecule has 1 aliphatic heterocycles. The highest BCUT2D eigenvalue weighted by atomic mass is 32.1. The number of thiazole rings is 1. The van der Waals surface area contributed by atoms with E-state index in [1.54, 1.807) is 22.4 Å². The molecule has 0 saturated carbocycles. The minimum Gasteiger partial charge on any atom is -0.480 e. The largest absolute Gasteiger partial charge is 0.480 e. The van der Waals surface area contributed by atoms with Crippen LogP contribution < -0.4 is 15.8 Å². The van der Waals surface area contributed by atoms with Gasteiger partial charge in [-0.15, -0.1) is 11.3 Å². The van der Waals surface area contributed by atoms with Gasteiger partial charge < -0.3 is 20.4 Å². The zero-order valence-electron chi connectivity index (χ0n) is 19.5. The van der Waals surface area contributed by atoms with Gasteiger partial charge in [-0.3, -0.25) is 14.0 Å². The Morgan fingerprint density at radius 3 is 2.77 bits per heavy atom. The molecule has 3 N–H and O–H groups in total. The Balaban J connectivity index is 1.69. The van der Waals surface area contributed by atoms with Crippen molar-refractivity contribution in [2.45, 2.75) is 38.6 Å². The highest BCUT2D eigenvalue weighted by Gasteiger charge is 2.28. The monoisotopic (exact) mass is 497 g/mol. The molecule has 1 saturated heterocycles. The quantitative estimate of drug-likeness (QED) is 0.399. The molecule has 3 aromatic rings. The number of aliphatic carboxylic acids is 2. The van der Waals surface area contributed by atoms with Crippen molar-refractivity contribution in [2.75, 3.05) is 24.5 Å². The summed E-state index contributed by atoms with van der Waals surface area (Å²) < 4.78 is 1.38. The summed E-state index contributed by atoms with van der Waals surface area (Å²) in [4.78, 5) is 47.0. The van der Waals surface area contributed by atoms with Gasteiger partial charge in [0.1, 0.15) is 17.5 Å². The number of carboxylic acid groups (broad SMARTS) is 2. The molecule has 1 fully saturated rings.